The molecule has 3 N–H and O–H groups in total. The van der Waals surface area contributed by atoms with E-state index in [-0.39, 0.29) is 17.9 Å². The topological polar surface area (TPSA) is 88.7 Å². The minimum absolute atomic E-state index is 0.127. The molecule has 132 valence electrons. The molecule has 1 aliphatic rings. The van der Waals surface area contributed by atoms with Crippen LogP contribution in [0.2, 0.25) is 0 Å². The van der Waals surface area contributed by atoms with Gasteiger partial charge < -0.3 is 25.4 Å². The second-order valence-electron chi connectivity index (χ2n) is 5.84. The van der Waals surface area contributed by atoms with Gasteiger partial charge in [0.1, 0.15) is 11.8 Å². The zero-order valence-electron chi connectivity index (χ0n) is 14.1. The number of amides is 3. The average Bonchev–Trinajstić information content (AvgIpc) is 2.58. The second-order valence-corrected chi connectivity index (χ2v) is 5.84. The molecular formula is C17H25N3O4. The van der Waals surface area contributed by atoms with Gasteiger partial charge in [0.25, 0.3) is 0 Å². The van der Waals surface area contributed by atoms with Crippen molar-refractivity contribution < 1.29 is 19.1 Å². The van der Waals surface area contributed by atoms with Crippen LogP contribution in [-0.2, 0) is 16.1 Å². The molecule has 1 saturated heterocycles. The SMILES string of the molecule is COc1cccc(COCCNC(=O)N[C@H]2C(=O)NCC[C@H]2C)c1. The molecule has 1 fully saturated rings. The Morgan fingerprint density at radius 1 is 1.42 bits per heavy atom. The Kier molecular flexibility index (Phi) is 6.87. The van der Waals surface area contributed by atoms with Crippen LogP contribution in [-0.4, -0.2) is 44.8 Å². The molecule has 0 radical (unpaired) electrons. The van der Waals surface area contributed by atoms with Crippen molar-refractivity contribution in [1.29, 1.82) is 0 Å². The predicted octanol–water partition coefficient (Wildman–Crippen LogP) is 1.04. The summed E-state index contributed by atoms with van der Waals surface area (Å²) in [6, 6.07) is 6.80. The number of carbonyl (C=O) groups is 2. The normalized spacial score (nSPS) is 20.2. The number of urea groups is 1. The molecule has 0 bridgehead atoms. The Hall–Kier alpha value is -2.28. The Bertz CT molecular complexity index is 565. The Labute approximate surface area is 142 Å². The summed E-state index contributed by atoms with van der Waals surface area (Å²) in [5, 5.41) is 8.16. The largest absolute Gasteiger partial charge is 0.497 e. The summed E-state index contributed by atoms with van der Waals surface area (Å²) in [4.78, 5) is 23.6. The number of methoxy groups -OCH3 is 1. The Morgan fingerprint density at radius 3 is 3.00 bits per heavy atom. The quantitative estimate of drug-likeness (QED) is 0.650. The van der Waals surface area contributed by atoms with Gasteiger partial charge in [-0.05, 0) is 30.0 Å². The summed E-state index contributed by atoms with van der Waals surface area (Å²) in [5.74, 6) is 0.792. The van der Waals surface area contributed by atoms with Crippen LogP contribution in [0, 0.1) is 5.92 Å². The maximum Gasteiger partial charge on any atom is 0.315 e. The molecule has 0 spiro atoms. The summed E-state index contributed by atoms with van der Waals surface area (Å²) < 4.78 is 10.7. The highest BCUT2D eigenvalue weighted by molar-refractivity contribution is 5.87. The number of hydrogen-bond donors (Lipinski definition) is 3. The van der Waals surface area contributed by atoms with Crippen molar-refractivity contribution in [1.82, 2.24) is 16.0 Å². The number of piperidine rings is 1. The molecular weight excluding hydrogens is 310 g/mol. The van der Waals surface area contributed by atoms with Crippen LogP contribution < -0.4 is 20.7 Å². The lowest BCUT2D eigenvalue weighted by Gasteiger charge is -2.28. The fourth-order valence-corrected chi connectivity index (χ4v) is 2.55. The Balaban J connectivity index is 1.63. The van der Waals surface area contributed by atoms with Crippen LogP contribution in [0.25, 0.3) is 0 Å². The van der Waals surface area contributed by atoms with Crippen molar-refractivity contribution >= 4 is 11.9 Å². The van der Waals surface area contributed by atoms with Crippen LogP contribution in [0.3, 0.4) is 0 Å². The molecule has 0 saturated carbocycles. The first-order valence-corrected chi connectivity index (χ1v) is 8.13. The maximum absolute atomic E-state index is 11.8. The minimum Gasteiger partial charge on any atom is -0.497 e. The number of carbonyl (C=O) groups excluding carboxylic acids is 2. The van der Waals surface area contributed by atoms with E-state index in [1.165, 1.54) is 0 Å². The molecule has 0 aromatic heterocycles. The average molecular weight is 335 g/mol. The van der Waals surface area contributed by atoms with Gasteiger partial charge in [0.15, 0.2) is 0 Å². The maximum atomic E-state index is 11.8. The van der Waals surface area contributed by atoms with E-state index in [4.69, 9.17) is 9.47 Å². The molecule has 1 aromatic rings. The molecule has 1 aromatic carbocycles. The van der Waals surface area contributed by atoms with Gasteiger partial charge in [-0.25, -0.2) is 4.79 Å². The third kappa shape index (κ3) is 5.42. The molecule has 1 aliphatic heterocycles. The van der Waals surface area contributed by atoms with Gasteiger partial charge in [-0.2, -0.15) is 0 Å². The van der Waals surface area contributed by atoms with Crippen molar-refractivity contribution in [3.63, 3.8) is 0 Å². The van der Waals surface area contributed by atoms with Crippen molar-refractivity contribution in [3.8, 4) is 5.75 Å². The van der Waals surface area contributed by atoms with E-state index in [9.17, 15) is 9.59 Å². The number of ether oxygens (including phenoxy) is 2. The van der Waals surface area contributed by atoms with Gasteiger partial charge in [0.05, 0.1) is 20.3 Å². The molecule has 2 rings (SSSR count). The zero-order chi connectivity index (χ0) is 17.4. The van der Waals surface area contributed by atoms with E-state index >= 15 is 0 Å². The van der Waals surface area contributed by atoms with E-state index in [0.717, 1.165) is 17.7 Å². The van der Waals surface area contributed by atoms with Crippen LogP contribution in [0.5, 0.6) is 5.75 Å². The van der Waals surface area contributed by atoms with E-state index in [2.05, 4.69) is 16.0 Å². The lowest BCUT2D eigenvalue weighted by atomic mass is 9.94. The number of benzene rings is 1. The van der Waals surface area contributed by atoms with Crippen molar-refractivity contribution in [2.75, 3.05) is 26.8 Å². The second kappa shape index (κ2) is 9.12. The molecule has 2 atom stereocenters. The number of rotatable bonds is 7. The summed E-state index contributed by atoms with van der Waals surface area (Å²) in [7, 11) is 1.62. The van der Waals surface area contributed by atoms with Gasteiger partial charge in [-0.3, -0.25) is 4.79 Å². The fourth-order valence-electron chi connectivity index (χ4n) is 2.55. The van der Waals surface area contributed by atoms with E-state index in [1.807, 2.05) is 31.2 Å². The van der Waals surface area contributed by atoms with E-state index in [1.54, 1.807) is 7.11 Å². The first-order valence-electron chi connectivity index (χ1n) is 8.13. The van der Waals surface area contributed by atoms with Crippen molar-refractivity contribution in [3.05, 3.63) is 29.8 Å². The summed E-state index contributed by atoms with van der Waals surface area (Å²) in [6.45, 7) is 3.83. The molecule has 3 amide bonds. The first-order chi connectivity index (χ1) is 11.6. The highest BCUT2D eigenvalue weighted by atomic mass is 16.5. The van der Waals surface area contributed by atoms with Gasteiger partial charge in [0, 0.05) is 13.1 Å². The van der Waals surface area contributed by atoms with Crippen LogP contribution >= 0.6 is 0 Å². The predicted molar refractivity (Wildman–Crippen MR) is 89.8 cm³/mol. The highest BCUT2D eigenvalue weighted by Crippen LogP contribution is 2.13. The smallest absolute Gasteiger partial charge is 0.315 e. The molecule has 1 heterocycles. The third-order valence-electron chi connectivity index (χ3n) is 3.97. The number of hydrogen-bond acceptors (Lipinski definition) is 4. The summed E-state index contributed by atoms with van der Waals surface area (Å²) >= 11 is 0. The van der Waals surface area contributed by atoms with Crippen LogP contribution in [0.15, 0.2) is 24.3 Å². The lowest BCUT2D eigenvalue weighted by Crippen LogP contribution is -2.56. The van der Waals surface area contributed by atoms with Gasteiger partial charge in [-0.15, -0.1) is 0 Å². The fraction of sp³-hybridized carbons (Fsp3) is 0.529. The molecule has 24 heavy (non-hydrogen) atoms. The minimum atomic E-state index is -0.476. The van der Waals surface area contributed by atoms with Gasteiger partial charge >= 0.3 is 6.03 Å². The van der Waals surface area contributed by atoms with Crippen LogP contribution in [0.4, 0.5) is 4.79 Å². The molecule has 0 aliphatic carbocycles. The van der Waals surface area contributed by atoms with E-state index < -0.39 is 6.04 Å². The molecule has 0 unspecified atom stereocenters. The standard InChI is InChI=1S/C17H25N3O4/c1-12-6-7-18-16(21)15(12)20-17(22)19-8-9-24-11-13-4-3-5-14(10-13)23-2/h3-5,10,12,15H,6-9,11H2,1-2H3,(H,18,21)(H2,19,20,22)/t12-,15-/m1/s1. The Morgan fingerprint density at radius 2 is 2.25 bits per heavy atom. The van der Waals surface area contributed by atoms with Crippen LogP contribution in [0.1, 0.15) is 18.9 Å². The number of nitrogens with one attached hydrogen (secondary N) is 3. The summed E-state index contributed by atoms with van der Waals surface area (Å²) in [6.07, 6.45) is 0.861. The van der Waals surface area contributed by atoms with Gasteiger partial charge in [0.2, 0.25) is 5.91 Å². The first kappa shape index (κ1) is 18.1. The summed E-state index contributed by atoms with van der Waals surface area (Å²) in [5.41, 5.74) is 1.01. The third-order valence-corrected chi connectivity index (χ3v) is 3.97. The van der Waals surface area contributed by atoms with E-state index in [0.29, 0.717) is 26.3 Å². The lowest BCUT2D eigenvalue weighted by molar-refractivity contribution is -0.125. The van der Waals surface area contributed by atoms with Gasteiger partial charge in [-0.1, -0.05) is 19.1 Å². The molecule has 7 nitrogen and oxygen atoms in total. The van der Waals surface area contributed by atoms with Crippen molar-refractivity contribution in [2.45, 2.75) is 26.0 Å². The monoisotopic (exact) mass is 335 g/mol. The highest BCUT2D eigenvalue weighted by Gasteiger charge is 2.29. The molecule has 7 heteroatoms. The van der Waals surface area contributed by atoms with Crippen molar-refractivity contribution in [2.24, 2.45) is 5.92 Å². The zero-order valence-corrected chi connectivity index (χ0v) is 14.1.